The van der Waals surface area contributed by atoms with Gasteiger partial charge in [0, 0.05) is 24.2 Å². The topological polar surface area (TPSA) is 84.7 Å². The highest BCUT2D eigenvalue weighted by atomic mass is 16.5. The molecule has 2 aromatic rings. The predicted octanol–water partition coefficient (Wildman–Crippen LogP) is 3.79. The number of aryl methyl sites for hydroxylation is 1. The van der Waals surface area contributed by atoms with Crippen LogP contribution in [0.2, 0.25) is 0 Å². The van der Waals surface area contributed by atoms with Gasteiger partial charge in [-0.25, -0.2) is 4.79 Å². The maximum absolute atomic E-state index is 12.6. The summed E-state index contributed by atoms with van der Waals surface area (Å²) in [4.78, 5) is 25.7. The number of hydrogen-bond acceptors (Lipinski definition) is 4. The van der Waals surface area contributed by atoms with Crippen LogP contribution >= 0.6 is 0 Å². The van der Waals surface area contributed by atoms with E-state index in [0.717, 1.165) is 29.7 Å². The minimum absolute atomic E-state index is 0.0650. The number of nitrogens with one attached hydrogen (secondary N) is 1. The van der Waals surface area contributed by atoms with Crippen molar-refractivity contribution in [3.8, 4) is 0 Å². The molecule has 1 unspecified atom stereocenters. The molecule has 0 radical (unpaired) electrons. The maximum Gasteiger partial charge on any atom is 0.322 e. The van der Waals surface area contributed by atoms with Crippen LogP contribution in [0, 0.1) is 0 Å². The van der Waals surface area contributed by atoms with Gasteiger partial charge in [0.25, 0.3) is 0 Å². The fourth-order valence-electron chi connectivity index (χ4n) is 4.57. The van der Waals surface area contributed by atoms with Crippen molar-refractivity contribution in [3.63, 3.8) is 0 Å². The number of methoxy groups -OCH3 is 1. The standard InChI is InChI=1S/C24H29N3O3/c1-30-22(28)13-6-17-4-11-20(12-5-17)27-21(16-26-23(27)29)18-7-9-19(10-8-18)24(25)14-2-3-15-24/h4-5,7-12,21H,2-3,6,13-16,25H2,1H3,(H,26,29). The molecule has 4 rings (SSSR count). The van der Waals surface area contributed by atoms with Gasteiger partial charge in [-0.2, -0.15) is 0 Å². The summed E-state index contributed by atoms with van der Waals surface area (Å²) < 4.78 is 4.69. The Morgan fingerprint density at radius 1 is 1.13 bits per heavy atom. The summed E-state index contributed by atoms with van der Waals surface area (Å²) in [6.07, 6.45) is 5.39. The van der Waals surface area contributed by atoms with Crippen LogP contribution < -0.4 is 16.0 Å². The lowest BCUT2D eigenvalue weighted by Gasteiger charge is -2.26. The molecule has 158 valence electrons. The van der Waals surface area contributed by atoms with Gasteiger partial charge in [0.2, 0.25) is 0 Å². The SMILES string of the molecule is COC(=O)CCc1ccc(N2C(=O)NCC2c2ccc(C3(N)CCCC3)cc2)cc1. The Kier molecular flexibility index (Phi) is 5.77. The summed E-state index contributed by atoms with van der Waals surface area (Å²) >= 11 is 0. The summed E-state index contributed by atoms with van der Waals surface area (Å²) in [5.74, 6) is -0.224. The van der Waals surface area contributed by atoms with Crippen molar-refractivity contribution in [1.29, 1.82) is 0 Å². The van der Waals surface area contributed by atoms with Gasteiger partial charge in [0.15, 0.2) is 0 Å². The molecule has 1 saturated carbocycles. The molecule has 3 N–H and O–H groups in total. The first-order chi connectivity index (χ1) is 14.5. The molecule has 1 aliphatic heterocycles. The molecule has 1 heterocycles. The van der Waals surface area contributed by atoms with Crippen molar-refractivity contribution >= 4 is 17.7 Å². The minimum atomic E-state index is -0.224. The average Bonchev–Trinajstić information content (AvgIpc) is 3.39. The molecular formula is C24H29N3O3. The van der Waals surface area contributed by atoms with E-state index in [0.29, 0.717) is 19.4 Å². The molecule has 0 bridgehead atoms. The van der Waals surface area contributed by atoms with E-state index in [-0.39, 0.29) is 23.6 Å². The van der Waals surface area contributed by atoms with Gasteiger partial charge in [-0.15, -0.1) is 0 Å². The van der Waals surface area contributed by atoms with E-state index in [1.807, 2.05) is 24.3 Å². The van der Waals surface area contributed by atoms with Crippen LogP contribution in [0.3, 0.4) is 0 Å². The van der Waals surface area contributed by atoms with E-state index in [2.05, 4.69) is 29.6 Å². The van der Waals surface area contributed by atoms with Crippen LogP contribution in [0.1, 0.15) is 54.8 Å². The highest BCUT2D eigenvalue weighted by molar-refractivity contribution is 5.95. The fourth-order valence-corrected chi connectivity index (χ4v) is 4.57. The Balaban J connectivity index is 1.50. The second kappa shape index (κ2) is 8.48. The van der Waals surface area contributed by atoms with Gasteiger partial charge in [-0.3, -0.25) is 9.69 Å². The van der Waals surface area contributed by atoms with Crippen molar-refractivity contribution in [3.05, 3.63) is 65.2 Å². The third kappa shape index (κ3) is 4.05. The zero-order valence-electron chi connectivity index (χ0n) is 17.4. The molecule has 0 aromatic heterocycles. The molecule has 2 aliphatic rings. The maximum atomic E-state index is 12.6. The van der Waals surface area contributed by atoms with E-state index in [1.165, 1.54) is 25.5 Å². The summed E-state index contributed by atoms with van der Waals surface area (Å²) in [7, 11) is 1.39. The molecular weight excluding hydrogens is 378 g/mol. The number of carbonyl (C=O) groups is 2. The molecule has 30 heavy (non-hydrogen) atoms. The van der Waals surface area contributed by atoms with E-state index >= 15 is 0 Å². The number of benzene rings is 2. The predicted molar refractivity (Wildman–Crippen MR) is 116 cm³/mol. The lowest BCUT2D eigenvalue weighted by molar-refractivity contribution is -0.140. The average molecular weight is 408 g/mol. The molecule has 6 nitrogen and oxygen atoms in total. The zero-order chi connectivity index (χ0) is 21.1. The number of amides is 2. The summed E-state index contributed by atoms with van der Waals surface area (Å²) in [5, 5.41) is 2.96. The summed E-state index contributed by atoms with van der Waals surface area (Å²) in [5.41, 5.74) is 10.5. The van der Waals surface area contributed by atoms with Gasteiger partial charge >= 0.3 is 12.0 Å². The second-order valence-electron chi connectivity index (χ2n) is 8.30. The number of rotatable bonds is 6. The highest BCUT2D eigenvalue weighted by Crippen LogP contribution is 2.37. The van der Waals surface area contributed by atoms with Crippen LogP contribution in [0.25, 0.3) is 0 Å². The highest BCUT2D eigenvalue weighted by Gasteiger charge is 2.34. The number of nitrogens with zero attached hydrogens (tertiary/aromatic N) is 1. The number of hydrogen-bond donors (Lipinski definition) is 2. The van der Waals surface area contributed by atoms with Crippen molar-refractivity contribution in [2.45, 2.75) is 50.1 Å². The fraction of sp³-hybridized carbons (Fsp3) is 0.417. The van der Waals surface area contributed by atoms with Crippen molar-refractivity contribution in [2.24, 2.45) is 5.73 Å². The molecule has 2 amide bonds. The van der Waals surface area contributed by atoms with Crippen molar-refractivity contribution in [2.75, 3.05) is 18.6 Å². The Labute approximate surface area is 177 Å². The molecule has 1 aliphatic carbocycles. The minimum Gasteiger partial charge on any atom is -0.469 e. The number of esters is 1. The smallest absolute Gasteiger partial charge is 0.322 e. The summed E-state index contributed by atoms with van der Waals surface area (Å²) in [6, 6.07) is 16.1. The van der Waals surface area contributed by atoms with Gasteiger partial charge < -0.3 is 15.8 Å². The molecule has 1 atom stereocenters. The Morgan fingerprint density at radius 2 is 1.80 bits per heavy atom. The first-order valence-electron chi connectivity index (χ1n) is 10.6. The first-order valence-corrected chi connectivity index (χ1v) is 10.6. The summed E-state index contributed by atoms with van der Waals surface area (Å²) in [6.45, 7) is 0.566. The van der Waals surface area contributed by atoms with Gasteiger partial charge in [0.1, 0.15) is 0 Å². The number of urea groups is 1. The Bertz CT molecular complexity index is 902. The Hall–Kier alpha value is -2.86. The van der Waals surface area contributed by atoms with Crippen molar-refractivity contribution < 1.29 is 14.3 Å². The first kappa shape index (κ1) is 20.4. The molecule has 2 aromatic carbocycles. The van der Waals surface area contributed by atoms with Gasteiger partial charge in [0.05, 0.1) is 13.2 Å². The van der Waals surface area contributed by atoms with E-state index in [9.17, 15) is 9.59 Å². The lowest BCUT2D eigenvalue weighted by atomic mass is 9.88. The van der Waals surface area contributed by atoms with E-state index in [4.69, 9.17) is 10.5 Å². The normalized spacial score (nSPS) is 20.3. The largest absolute Gasteiger partial charge is 0.469 e. The van der Waals surface area contributed by atoms with Crippen molar-refractivity contribution in [1.82, 2.24) is 5.32 Å². The number of ether oxygens (including phenoxy) is 1. The molecule has 1 saturated heterocycles. The lowest BCUT2D eigenvalue weighted by Crippen LogP contribution is -2.33. The van der Waals surface area contributed by atoms with Crippen LogP contribution in [-0.2, 0) is 21.5 Å². The van der Waals surface area contributed by atoms with Crippen LogP contribution in [0.4, 0.5) is 10.5 Å². The third-order valence-corrected chi connectivity index (χ3v) is 6.40. The number of carbonyl (C=O) groups excluding carboxylic acids is 2. The molecule has 6 heteroatoms. The Morgan fingerprint density at radius 3 is 2.43 bits per heavy atom. The number of anilines is 1. The second-order valence-corrected chi connectivity index (χ2v) is 8.30. The molecule has 2 fully saturated rings. The van der Waals surface area contributed by atoms with Crippen LogP contribution in [-0.4, -0.2) is 25.7 Å². The third-order valence-electron chi connectivity index (χ3n) is 6.40. The monoisotopic (exact) mass is 407 g/mol. The molecule has 0 spiro atoms. The zero-order valence-corrected chi connectivity index (χ0v) is 17.4. The van der Waals surface area contributed by atoms with Gasteiger partial charge in [-0.05, 0) is 48.1 Å². The van der Waals surface area contributed by atoms with E-state index < -0.39 is 0 Å². The van der Waals surface area contributed by atoms with Crippen LogP contribution in [0.5, 0.6) is 0 Å². The van der Waals surface area contributed by atoms with Crippen LogP contribution in [0.15, 0.2) is 48.5 Å². The number of nitrogens with two attached hydrogens (primary N) is 1. The van der Waals surface area contributed by atoms with E-state index in [1.54, 1.807) is 4.90 Å². The quantitative estimate of drug-likeness (QED) is 0.714. The van der Waals surface area contributed by atoms with Gasteiger partial charge in [-0.1, -0.05) is 49.2 Å².